The lowest BCUT2D eigenvalue weighted by atomic mass is 9.79. The Bertz CT molecular complexity index is 654. The first-order chi connectivity index (χ1) is 11.3. The highest BCUT2D eigenvalue weighted by atomic mass is 16.2. The second kappa shape index (κ2) is 6.55. The van der Waals surface area contributed by atoms with Gasteiger partial charge in [-0.05, 0) is 41.9 Å². The summed E-state index contributed by atoms with van der Waals surface area (Å²) in [5.41, 5.74) is 9.31. The number of nitrogens with zero attached hydrogens (tertiary/aromatic N) is 1. The molecule has 0 aromatic heterocycles. The number of piperidine rings is 1. The van der Waals surface area contributed by atoms with Crippen molar-refractivity contribution in [2.24, 2.45) is 11.1 Å². The molecule has 1 unspecified atom stereocenters. The summed E-state index contributed by atoms with van der Waals surface area (Å²) < 4.78 is 0. The molecule has 2 amide bonds. The number of hydrogen-bond acceptors (Lipinski definition) is 3. The normalized spacial score (nSPS) is 22.2. The summed E-state index contributed by atoms with van der Waals surface area (Å²) in [5.74, 6) is 0.288. The first kappa shape index (κ1) is 17.0. The van der Waals surface area contributed by atoms with Gasteiger partial charge in [0.25, 0.3) is 0 Å². The largest absolute Gasteiger partial charge is 0.342 e. The number of benzene rings is 1. The van der Waals surface area contributed by atoms with Crippen LogP contribution in [0.4, 0.5) is 5.69 Å². The van der Waals surface area contributed by atoms with Crippen molar-refractivity contribution >= 4 is 17.5 Å². The van der Waals surface area contributed by atoms with Gasteiger partial charge in [0.05, 0.1) is 6.42 Å². The summed E-state index contributed by atoms with van der Waals surface area (Å²) in [7, 11) is 0. The van der Waals surface area contributed by atoms with E-state index in [1.807, 2.05) is 17.0 Å². The van der Waals surface area contributed by atoms with Crippen LogP contribution >= 0.6 is 0 Å². The molecule has 2 aliphatic rings. The molecule has 2 heterocycles. The van der Waals surface area contributed by atoms with E-state index in [4.69, 9.17) is 5.73 Å². The third kappa shape index (κ3) is 3.61. The Balaban J connectivity index is 1.49. The lowest BCUT2D eigenvalue weighted by Gasteiger charge is -2.42. The van der Waals surface area contributed by atoms with Crippen molar-refractivity contribution in [3.63, 3.8) is 0 Å². The van der Waals surface area contributed by atoms with Crippen molar-refractivity contribution < 1.29 is 9.59 Å². The van der Waals surface area contributed by atoms with Crippen LogP contribution in [-0.2, 0) is 22.4 Å². The summed E-state index contributed by atoms with van der Waals surface area (Å²) in [6, 6.07) is 6.26. The summed E-state index contributed by atoms with van der Waals surface area (Å²) in [6.45, 7) is 5.80. The van der Waals surface area contributed by atoms with E-state index in [0.29, 0.717) is 12.8 Å². The van der Waals surface area contributed by atoms with Gasteiger partial charge < -0.3 is 16.0 Å². The molecule has 1 fully saturated rings. The zero-order chi connectivity index (χ0) is 17.3. The average molecular weight is 329 g/mol. The standard InChI is InChI=1S/C19H27N3O2/c1-19(2)12-22(9-8-16(19)20)18(24)5-3-4-13-6-7-15-14(10-13)11-17(23)21-15/h6-7,10,16H,3-5,8-9,11-12,20H2,1-2H3,(H,21,23). The SMILES string of the molecule is CC1(C)CN(C(=O)CCCc2ccc3c(c2)CC(=O)N3)CCC1N. The molecule has 0 saturated carbocycles. The van der Waals surface area contributed by atoms with E-state index >= 15 is 0 Å². The van der Waals surface area contributed by atoms with E-state index in [0.717, 1.165) is 43.6 Å². The van der Waals surface area contributed by atoms with Crippen LogP contribution in [0.1, 0.15) is 44.2 Å². The predicted molar refractivity (Wildman–Crippen MR) is 94.7 cm³/mol. The summed E-state index contributed by atoms with van der Waals surface area (Å²) >= 11 is 0. The van der Waals surface area contributed by atoms with E-state index in [1.54, 1.807) is 0 Å². The molecule has 2 aliphatic heterocycles. The highest BCUT2D eigenvalue weighted by Gasteiger charge is 2.34. The molecule has 24 heavy (non-hydrogen) atoms. The fraction of sp³-hybridized carbons (Fsp3) is 0.579. The number of carbonyl (C=O) groups excluding carboxylic acids is 2. The quantitative estimate of drug-likeness (QED) is 0.888. The van der Waals surface area contributed by atoms with Gasteiger partial charge in [-0.2, -0.15) is 0 Å². The van der Waals surface area contributed by atoms with Gasteiger partial charge in [0.15, 0.2) is 0 Å². The molecular weight excluding hydrogens is 302 g/mol. The molecule has 5 heteroatoms. The maximum absolute atomic E-state index is 12.4. The Labute approximate surface area is 143 Å². The first-order valence-electron chi connectivity index (χ1n) is 8.80. The number of rotatable bonds is 4. The predicted octanol–water partition coefficient (Wildman–Crippen LogP) is 2.09. The molecule has 0 bridgehead atoms. The molecule has 3 rings (SSSR count). The van der Waals surface area contributed by atoms with Crippen molar-refractivity contribution in [2.45, 2.75) is 52.0 Å². The number of carbonyl (C=O) groups is 2. The van der Waals surface area contributed by atoms with Gasteiger partial charge >= 0.3 is 0 Å². The second-order valence-electron chi connectivity index (χ2n) is 7.77. The number of amides is 2. The number of anilines is 1. The Morgan fingerprint density at radius 2 is 2.21 bits per heavy atom. The fourth-order valence-corrected chi connectivity index (χ4v) is 3.63. The van der Waals surface area contributed by atoms with Gasteiger partial charge in [0.2, 0.25) is 11.8 Å². The average Bonchev–Trinajstić information content (AvgIpc) is 2.89. The van der Waals surface area contributed by atoms with Crippen molar-refractivity contribution in [2.75, 3.05) is 18.4 Å². The minimum atomic E-state index is -0.00652. The van der Waals surface area contributed by atoms with Crippen LogP contribution in [0.3, 0.4) is 0 Å². The fourth-order valence-electron chi connectivity index (χ4n) is 3.63. The monoisotopic (exact) mass is 329 g/mol. The lowest BCUT2D eigenvalue weighted by Crippen LogP contribution is -2.53. The van der Waals surface area contributed by atoms with Gasteiger partial charge in [-0.3, -0.25) is 9.59 Å². The van der Waals surface area contributed by atoms with Crippen LogP contribution in [0.25, 0.3) is 0 Å². The molecule has 5 nitrogen and oxygen atoms in total. The zero-order valence-electron chi connectivity index (χ0n) is 14.6. The van der Waals surface area contributed by atoms with E-state index in [-0.39, 0.29) is 23.3 Å². The molecule has 1 saturated heterocycles. The Morgan fingerprint density at radius 1 is 1.42 bits per heavy atom. The van der Waals surface area contributed by atoms with Crippen molar-refractivity contribution in [3.05, 3.63) is 29.3 Å². The van der Waals surface area contributed by atoms with Crippen LogP contribution in [0, 0.1) is 5.41 Å². The summed E-state index contributed by atoms with van der Waals surface area (Å²) in [5, 5.41) is 2.84. The topological polar surface area (TPSA) is 75.4 Å². The number of nitrogens with one attached hydrogen (secondary N) is 1. The lowest BCUT2D eigenvalue weighted by molar-refractivity contribution is -0.134. The molecule has 0 spiro atoms. The van der Waals surface area contributed by atoms with Crippen molar-refractivity contribution in [3.8, 4) is 0 Å². The highest BCUT2D eigenvalue weighted by Crippen LogP contribution is 2.28. The molecule has 130 valence electrons. The third-order valence-electron chi connectivity index (χ3n) is 5.32. The molecule has 1 aromatic rings. The van der Waals surface area contributed by atoms with Gasteiger partial charge in [0, 0.05) is 31.2 Å². The van der Waals surface area contributed by atoms with E-state index < -0.39 is 0 Å². The van der Waals surface area contributed by atoms with Crippen LogP contribution in [-0.4, -0.2) is 35.8 Å². The summed E-state index contributed by atoms with van der Waals surface area (Å²) in [6.07, 6.45) is 3.61. The third-order valence-corrected chi connectivity index (χ3v) is 5.32. The number of hydrogen-bond donors (Lipinski definition) is 2. The van der Waals surface area contributed by atoms with E-state index in [2.05, 4.69) is 25.2 Å². The Hall–Kier alpha value is -1.88. The second-order valence-corrected chi connectivity index (χ2v) is 7.77. The van der Waals surface area contributed by atoms with Gasteiger partial charge in [-0.1, -0.05) is 26.0 Å². The maximum atomic E-state index is 12.4. The number of likely N-dealkylation sites (tertiary alicyclic amines) is 1. The highest BCUT2D eigenvalue weighted by molar-refractivity contribution is 5.99. The molecule has 0 aliphatic carbocycles. The van der Waals surface area contributed by atoms with Crippen LogP contribution in [0.15, 0.2) is 18.2 Å². The number of fused-ring (bicyclic) bond motifs is 1. The van der Waals surface area contributed by atoms with Crippen molar-refractivity contribution in [1.82, 2.24) is 4.90 Å². The minimum Gasteiger partial charge on any atom is -0.342 e. The summed E-state index contributed by atoms with van der Waals surface area (Å²) in [4.78, 5) is 25.8. The van der Waals surface area contributed by atoms with Crippen LogP contribution in [0.2, 0.25) is 0 Å². The van der Waals surface area contributed by atoms with Gasteiger partial charge in [-0.15, -0.1) is 0 Å². The van der Waals surface area contributed by atoms with E-state index in [1.165, 1.54) is 5.56 Å². The minimum absolute atomic E-state index is 0.00652. The number of nitrogens with two attached hydrogens (primary N) is 1. The van der Waals surface area contributed by atoms with Gasteiger partial charge in [-0.25, -0.2) is 0 Å². The van der Waals surface area contributed by atoms with Crippen LogP contribution < -0.4 is 11.1 Å². The Kier molecular flexibility index (Phi) is 4.63. The van der Waals surface area contributed by atoms with Gasteiger partial charge in [0.1, 0.15) is 0 Å². The Morgan fingerprint density at radius 3 is 2.96 bits per heavy atom. The van der Waals surface area contributed by atoms with Crippen molar-refractivity contribution in [1.29, 1.82) is 0 Å². The van der Waals surface area contributed by atoms with E-state index in [9.17, 15) is 9.59 Å². The number of aryl methyl sites for hydroxylation is 1. The first-order valence-corrected chi connectivity index (χ1v) is 8.80. The van der Waals surface area contributed by atoms with Crippen LogP contribution in [0.5, 0.6) is 0 Å². The smallest absolute Gasteiger partial charge is 0.228 e. The molecule has 1 atom stereocenters. The molecule has 1 aromatic carbocycles. The maximum Gasteiger partial charge on any atom is 0.228 e. The molecule has 3 N–H and O–H groups in total. The molecular formula is C19H27N3O2. The zero-order valence-corrected chi connectivity index (χ0v) is 14.6. The molecule has 0 radical (unpaired) electrons.